The van der Waals surface area contributed by atoms with Gasteiger partial charge >= 0.3 is 5.97 Å². The quantitative estimate of drug-likeness (QED) is 0.859. The first-order valence-corrected chi connectivity index (χ1v) is 5.64. The van der Waals surface area contributed by atoms with Crippen molar-refractivity contribution in [2.24, 2.45) is 0 Å². The standard InChI is InChI=1S/C13H15FO3/c1-9-2-3-10(8-11(9)14)13(12(15)16)4-6-17-7-5-13/h2-3,8H,4-7H2,1H3,(H,15,16). The third-order valence-corrected chi connectivity index (χ3v) is 3.48. The van der Waals surface area contributed by atoms with Crippen molar-refractivity contribution in [2.75, 3.05) is 13.2 Å². The first-order chi connectivity index (χ1) is 8.06. The van der Waals surface area contributed by atoms with Crippen molar-refractivity contribution in [3.63, 3.8) is 0 Å². The molecule has 1 N–H and O–H groups in total. The van der Waals surface area contributed by atoms with E-state index in [1.807, 2.05) is 0 Å². The Labute approximate surface area is 99.2 Å². The van der Waals surface area contributed by atoms with Crippen molar-refractivity contribution in [2.45, 2.75) is 25.2 Å². The Hall–Kier alpha value is -1.42. The lowest BCUT2D eigenvalue weighted by atomic mass is 9.74. The topological polar surface area (TPSA) is 46.5 Å². The van der Waals surface area contributed by atoms with E-state index in [-0.39, 0.29) is 5.82 Å². The fourth-order valence-electron chi connectivity index (χ4n) is 2.24. The van der Waals surface area contributed by atoms with Crippen LogP contribution in [-0.4, -0.2) is 24.3 Å². The lowest BCUT2D eigenvalue weighted by Crippen LogP contribution is -2.41. The molecule has 0 spiro atoms. The first kappa shape index (κ1) is 12.0. The van der Waals surface area contributed by atoms with Crippen molar-refractivity contribution in [1.29, 1.82) is 0 Å². The SMILES string of the molecule is Cc1ccc(C2(C(=O)O)CCOCC2)cc1F. The number of benzene rings is 1. The fraction of sp³-hybridized carbons (Fsp3) is 0.462. The maximum Gasteiger partial charge on any atom is 0.314 e. The molecule has 0 saturated carbocycles. The molecular formula is C13H15FO3. The van der Waals surface area contributed by atoms with Crippen molar-refractivity contribution in [1.82, 2.24) is 0 Å². The molecule has 0 aliphatic carbocycles. The van der Waals surface area contributed by atoms with Gasteiger partial charge in [0.25, 0.3) is 0 Å². The summed E-state index contributed by atoms with van der Waals surface area (Å²) in [4.78, 5) is 11.5. The molecule has 0 bridgehead atoms. The summed E-state index contributed by atoms with van der Waals surface area (Å²) >= 11 is 0. The second-order valence-electron chi connectivity index (χ2n) is 4.46. The Morgan fingerprint density at radius 2 is 2.06 bits per heavy atom. The average Bonchev–Trinajstić information content (AvgIpc) is 2.33. The van der Waals surface area contributed by atoms with Gasteiger partial charge in [0.15, 0.2) is 0 Å². The first-order valence-electron chi connectivity index (χ1n) is 5.64. The van der Waals surface area contributed by atoms with E-state index in [1.54, 1.807) is 19.1 Å². The van der Waals surface area contributed by atoms with E-state index in [0.717, 1.165) is 0 Å². The summed E-state index contributed by atoms with van der Waals surface area (Å²) < 4.78 is 18.7. The molecule has 1 aliphatic rings. The summed E-state index contributed by atoms with van der Waals surface area (Å²) in [7, 11) is 0. The van der Waals surface area contributed by atoms with Gasteiger partial charge in [-0.25, -0.2) is 4.39 Å². The molecule has 3 nitrogen and oxygen atoms in total. The second kappa shape index (κ2) is 4.45. The Bertz CT molecular complexity index is 436. The van der Waals surface area contributed by atoms with Crippen LogP contribution in [0.25, 0.3) is 0 Å². The summed E-state index contributed by atoms with van der Waals surface area (Å²) in [6, 6.07) is 4.68. The van der Waals surface area contributed by atoms with E-state index in [4.69, 9.17) is 4.74 Å². The number of rotatable bonds is 2. The van der Waals surface area contributed by atoms with Crippen LogP contribution in [0.2, 0.25) is 0 Å². The largest absolute Gasteiger partial charge is 0.481 e. The zero-order valence-corrected chi connectivity index (χ0v) is 9.70. The predicted octanol–water partition coefficient (Wildman–Crippen LogP) is 2.27. The zero-order chi connectivity index (χ0) is 12.5. The second-order valence-corrected chi connectivity index (χ2v) is 4.46. The van der Waals surface area contributed by atoms with Crippen molar-refractivity contribution >= 4 is 5.97 Å². The van der Waals surface area contributed by atoms with Crippen LogP contribution in [0.15, 0.2) is 18.2 Å². The predicted molar refractivity (Wildman–Crippen MR) is 60.5 cm³/mol. The van der Waals surface area contributed by atoms with E-state index < -0.39 is 11.4 Å². The highest BCUT2D eigenvalue weighted by molar-refractivity contribution is 5.81. The van der Waals surface area contributed by atoms with Gasteiger partial charge in [-0.15, -0.1) is 0 Å². The van der Waals surface area contributed by atoms with Crippen LogP contribution in [0.1, 0.15) is 24.0 Å². The minimum absolute atomic E-state index is 0.352. The van der Waals surface area contributed by atoms with E-state index in [2.05, 4.69) is 0 Å². The van der Waals surface area contributed by atoms with Gasteiger partial charge < -0.3 is 9.84 Å². The molecule has 1 aromatic rings. The summed E-state index contributed by atoms with van der Waals surface area (Å²) in [5.74, 6) is -1.25. The summed E-state index contributed by atoms with van der Waals surface area (Å²) in [5, 5.41) is 9.42. The van der Waals surface area contributed by atoms with E-state index in [0.29, 0.717) is 37.2 Å². The molecule has 4 heteroatoms. The molecule has 0 amide bonds. The van der Waals surface area contributed by atoms with Crippen LogP contribution >= 0.6 is 0 Å². The number of carboxylic acid groups (broad SMARTS) is 1. The van der Waals surface area contributed by atoms with Crippen molar-refractivity contribution in [3.8, 4) is 0 Å². The number of hydrogen-bond acceptors (Lipinski definition) is 2. The molecule has 1 fully saturated rings. The smallest absolute Gasteiger partial charge is 0.314 e. The molecule has 0 unspecified atom stereocenters. The molecule has 0 atom stereocenters. The maximum atomic E-state index is 13.5. The molecule has 0 aromatic heterocycles. The number of carbonyl (C=O) groups is 1. The van der Waals surface area contributed by atoms with Crippen LogP contribution in [0.4, 0.5) is 4.39 Å². The lowest BCUT2D eigenvalue weighted by Gasteiger charge is -2.33. The average molecular weight is 238 g/mol. The molecular weight excluding hydrogens is 223 g/mol. The Morgan fingerprint density at radius 1 is 1.41 bits per heavy atom. The van der Waals surface area contributed by atoms with Crippen molar-refractivity contribution in [3.05, 3.63) is 35.1 Å². The van der Waals surface area contributed by atoms with Gasteiger partial charge in [-0.1, -0.05) is 12.1 Å². The third kappa shape index (κ3) is 2.05. The minimum atomic E-state index is -0.993. The molecule has 17 heavy (non-hydrogen) atoms. The van der Waals surface area contributed by atoms with Gasteiger partial charge in [0, 0.05) is 13.2 Å². The van der Waals surface area contributed by atoms with E-state index in [9.17, 15) is 14.3 Å². The number of aliphatic carboxylic acids is 1. The third-order valence-electron chi connectivity index (χ3n) is 3.48. The van der Waals surface area contributed by atoms with Gasteiger partial charge in [0.1, 0.15) is 5.82 Å². The van der Waals surface area contributed by atoms with Gasteiger partial charge in [-0.3, -0.25) is 4.79 Å². The number of aryl methyl sites for hydroxylation is 1. The number of carboxylic acids is 1. The lowest BCUT2D eigenvalue weighted by molar-refractivity contribution is -0.147. The van der Waals surface area contributed by atoms with Crippen LogP contribution in [0, 0.1) is 12.7 Å². The molecule has 1 saturated heterocycles. The maximum absolute atomic E-state index is 13.5. The van der Waals surface area contributed by atoms with Crippen LogP contribution in [0.5, 0.6) is 0 Å². The summed E-state index contributed by atoms with van der Waals surface area (Å²) in [6.45, 7) is 2.47. The summed E-state index contributed by atoms with van der Waals surface area (Å²) in [5.41, 5.74) is 0.0741. The Kier molecular flexibility index (Phi) is 3.15. The van der Waals surface area contributed by atoms with Crippen LogP contribution in [-0.2, 0) is 14.9 Å². The van der Waals surface area contributed by atoms with E-state index >= 15 is 0 Å². The normalized spacial score (nSPS) is 18.9. The monoisotopic (exact) mass is 238 g/mol. The minimum Gasteiger partial charge on any atom is -0.481 e. The van der Waals surface area contributed by atoms with Crippen molar-refractivity contribution < 1.29 is 19.0 Å². The van der Waals surface area contributed by atoms with Gasteiger partial charge in [-0.05, 0) is 37.0 Å². The summed E-state index contributed by atoms with van der Waals surface area (Å²) in [6.07, 6.45) is 0.787. The van der Waals surface area contributed by atoms with Crippen LogP contribution < -0.4 is 0 Å². The van der Waals surface area contributed by atoms with Gasteiger partial charge in [0.2, 0.25) is 0 Å². The molecule has 0 radical (unpaired) electrons. The number of ether oxygens (including phenoxy) is 1. The zero-order valence-electron chi connectivity index (χ0n) is 9.70. The molecule has 1 heterocycles. The highest BCUT2D eigenvalue weighted by Gasteiger charge is 2.42. The Morgan fingerprint density at radius 3 is 2.59 bits per heavy atom. The molecule has 92 valence electrons. The molecule has 2 rings (SSSR count). The Balaban J connectivity index is 2.45. The molecule has 1 aromatic carbocycles. The fourth-order valence-corrected chi connectivity index (χ4v) is 2.24. The number of halogens is 1. The highest BCUT2D eigenvalue weighted by atomic mass is 19.1. The highest BCUT2D eigenvalue weighted by Crippen LogP contribution is 2.35. The van der Waals surface area contributed by atoms with E-state index in [1.165, 1.54) is 6.07 Å². The van der Waals surface area contributed by atoms with Crippen LogP contribution in [0.3, 0.4) is 0 Å². The van der Waals surface area contributed by atoms with Gasteiger partial charge in [0.05, 0.1) is 5.41 Å². The number of hydrogen-bond donors (Lipinski definition) is 1. The molecule has 1 aliphatic heterocycles. The van der Waals surface area contributed by atoms with Gasteiger partial charge in [-0.2, -0.15) is 0 Å².